The first-order valence-corrected chi connectivity index (χ1v) is 7.35. The molecule has 2 N–H and O–H groups in total. The lowest BCUT2D eigenvalue weighted by Gasteiger charge is -2.21. The summed E-state index contributed by atoms with van der Waals surface area (Å²) in [4.78, 5) is 14.0. The number of fused-ring (bicyclic) bond motifs is 1. The molecule has 0 bridgehead atoms. The standard InChI is InChI=1S/C16H24N2O3/c1-11(2)13(17)6-7-18(3)16(19)9-12-4-5-14-15(8-12)21-10-20-14/h4-5,8,11,13H,6-7,9-10,17H2,1-3H3. The molecule has 5 heteroatoms. The Balaban J connectivity index is 1.86. The van der Waals surface area contributed by atoms with E-state index in [2.05, 4.69) is 13.8 Å². The maximum absolute atomic E-state index is 12.2. The monoisotopic (exact) mass is 292 g/mol. The molecule has 5 nitrogen and oxygen atoms in total. The third-order valence-electron chi connectivity index (χ3n) is 3.87. The SMILES string of the molecule is CC(C)C(N)CCN(C)C(=O)Cc1ccc2c(c1)OCO2. The predicted molar refractivity (Wildman–Crippen MR) is 81.3 cm³/mol. The van der Waals surface area contributed by atoms with E-state index in [-0.39, 0.29) is 18.7 Å². The van der Waals surface area contributed by atoms with Crippen LogP contribution in [0.3, 0.4) is 0 Å². The van der Waals surface area contributed by atoms with E-state index in [1.165, 1.54) is 0 Å². The molecule has 2 rings (SSSR count). The van der Waals surface area contributed by atoms with E-state index in [9.17, 15) is 4.79 Å². The van der Waals surface area contributed by atoms with E-state index < -0.39 is 0 Å². The minimum Gasteiger partial charge on any atom is -0.454 e. The number of amides is 1. The average Bonchev–Trinajstić information content (AvgIpc) is 2.91. The van der Waals surface area contributed by atoms with E-state index in [1.807, 2.05) is 25.2 Å². The van der Waals surface area contributed by atoms with E-state index >= 15 is 0 Å². The molecule has 0 saturated carbocycles. The van der Waals surface area contributed by atoms with Crippen LogP contribution in [0.5, 0.6) is 11.5 Å². The van der Waals surface area contributed by atoms with Gasteiger partial charge in [0.05, 0.1) is 6.42 Å². The van der Waals surface area contributed by atoms with Crippen molar-refractivity contribution >= 4 is 5.91 Å². The highest BCUT2D eigenvalue weighted by Gasteiger charge is 2.16. The molecule has 116 valence electrons. The molecular weight excluding hydrogens is 268 g/mol. The number of rotatable bonds is 6. The molecule has 0 aliphatic carbocycles. The molecule has 0 fully saturated rings. The summed E-state index contributed by atoms with van der Waals surface area (Å²) < 4.78 is 10.6. The van der Waals surface area contributed by atoms with Crippen molar-refractivity contribution in [2.75, 3.05) is 20.4 Å². The summed E-state index contributed by atoms with van der Waals surface area (Å²) in [5, 5.41) is 0. The summed E-state index contributed by atoms with van der Waals surface area (Å²) in [7, 11) is 1.82. The second kappa shape index (κ2) is 6.80. The van der Waals surface area contributed by atoms with Gasteiger partial charge in [-0.2, -0.15) is 0 Å². The molecule has 1 heterocycles. The highest BCUT2D eigenvalue weighted by Crippen LogP contribution is 2.32. The summed E-state index contributed by atoms with van der Waals surface area (Å²) in [6, 6.07) is 5.75. The molecule has 1 aromatic rings. The van der Waals surface area contributed by atoms with Crippen molar-refractivity contribution in [1.82, 2.24) is 4.90 Å². The summed E-state index contributed by atoms with van der Waals surface area (Å²) in [6.07, 6.45) is 1.19. The average molecular weight is 292 g/mol. The van der Waals surface area contributed by atoms with Gasteiger partial charge in [-0.15, -0.1) is 0 Å². The number of hydrogen-bond acceptors (Lipinski definition) is 4. The molecule has 1 aliphatic heterocycles. The zero-order chi connectivity index (χ0) is 15.4. The second-order valence-electron chi connectivity index (χ2n) is 5.88. The number of carbonyl (C=O) groups excluding carboxylic acids is 1. The van der Waals surface area contributed by atoms with Crippen LogP contribution in [0.2, 0.25) is 0 Å². The number of nitrogens with zero attached hydrogens (tertiary/aromatic N) is 1. The molecule has 21 heavy (non-hydrogen) atoms. The normalized spacial score (nSPS) is 14.3. The molecular formula is C16H24N2O3. The highest BCUT2D eigenvalue weighted by molar-refractivity contribution is 5.78. The van der Waals surface area contributed by atoms with Crippen molar-refractivity contribution < 1.29 is 14.3 Å². The third kappa shape index (κ3) is 4.11. The van der Waals surface area contributed by atoms with E-state index in [0.29, 0.717) is 24.6 Å². The van der Waals surface area contributed by atoms with Crippen LogP contribution in [0, 0.1) is 5.92 Å². The molecule has 0 aromatic heterocycles. The van der Waals surface area contributed by atoms with Crippen LogP contribution in [0.25, 0.3) is 0 Å². The van der Waals surface area contributed by atoms with Crippen LogP contribution in [-0.2, 0) is 11.2 Å². The number of ether oxygens (including phenoxy) is 2. The Morgan fingerprint density at radius 3 is 2.76 bits per heavy atom. The Kier molecular flexibility index (Phi) is 5.07. The minimum absolute atomic E-state index is 0.0878. The Hall–Kier alpha value is -1.75. The van der Waals surface area contributed by atoms with Gasteiger partial charge < -0.3 is 20.1 Å². The van der Waals surface area contributed by atoms with E-state index in [4.69, 9.17) is 15.2 Å². The third-order valence-corrected chi connectivity index (χ3v) is 3.87. The van der Waals surface area contributed by atoms with Crippen LogP contribution in [0.15, 0.2) is 18.2 Å². The molecule has 1 aromatic carbocycles. The molecule has 1 unspecified atom stereocenters. The van der Waals surface area contributed by atoms with Gasteiger partial charge in [-0.1, -0.05) is 19.9 Å². The Bertz CT molecular complexity index is 502. The summed E-state index contributed by atoms with van der Waals surface area (Å²) >= 11 is 0. The largest absolute Gasteiger partial charge is 0.454 e. The number of carbonyl (C=O) groups is 1. The van der Waals surface area contributed by atoms with Crippen molar-refractivity contribution in [3.63, 3.8) is 0 Å². The lowest BCUT2D eigenvalue weighted by molar-refractivity contribution is -0.129. The van der Waals surface area contributed by atoms with Gasteiger partial charge in [0.2, 0.25) is 12.7 Å². The van der Waals surface area contributed by atoms with E-state index in [0.717, 1.165) is 17.7 Å². The van der Waals surface area contributed by atoms with Crippen LogP contribution < -0.4 is 15.2 Å². The fourth-order valence-electron chi connectivity index (χ4n) is 2.16. The highest BCUT2D eigenvalue weighted by atomic mass is 16.7. The first-order valence-electron chi connectivity index (χ1n) is 7.35. The van der Waals surface area contributed by atoms with Gasteiger partial charge in [0, 0.05) is 19.6 Å². The van der Waals surface area contributed by atoms with Crippen molar-refractivity contribution in [3.8, 4) is 11.5 Å². The summed E-state index contributed by atoms with van der Waals surface area (Å²) in [6.45, 7) is 5.13. The van der Waals surface area contributed by atoms with Crippen molar-refractivity contribution in [2.45, 2.75) is 32.7 Å². The molecule has 0 saturated heterocycles. The van der Waals surface area contributed by atoms with Gasteiger partial charge >= 0.3 is 0 Å². The first kappa shape index (κ1) is 15.6. The lowest BCUT2D eigenvalue weighted by atomic mass is 10.0. The quantitative estimate of drug-likeness (QED) is 0.868. The minimum atomic E-state index is 0.0878. The van der Waals surface area contributed by atoms with Crippen LogP contribution in [0.4, 0.5) is 0 Å². The maximum Gasteiger partial charge on any atom is 0.231 e. The molecule has 1 atom stereocenters. The summed E-state index contributed by atoms with van der Waals surface area (Å²) in [5.74, 6) is 1.97. The van der Waals surface area contributed by atoms with Gasteiger partial charge in [-0.05, 0) is 30.0 Å². The topological polar surface area (TPSA) is 64.8 Å². The van der Waals surface area contributed by atoms with Gasteiger partial charge in [0.15, 0.2) is 11.5 Å². The van der Waals surface area contributed by atoms with Gasteiger partial charge in [0.25, 0.3) is 0 Å². The summed E-state index contributed by atoms with van der Waals surface area (Å²) in [5.41, 5.74) is 6.95. The fourth-order valence-corrected chi connectivity index (χ4v) is 2.16. The smallest absolute Gasteiger partial charge is 0.231 e. The number of likely N-dealkylation sites (N-methyl/N-ethyl adjacent to an activating group) is 1. The van der Waals surface area contributed by atoms with Gasteiger partial charge in [0.1, 0.15) is 0 Å². The first-order chi connectivity index (χ1) is 9.97. The predicted octanol–water partition coefficient (Wildman–Crippen LogP) is 1.79. The van der Waals surface area contributed by atoms with Crippen molar-refractivity contribution in [1.29, 1.82) is 0 Å². The number of benzene rings is 1. The Morgan fingerprint density at radius 2 is 2.05 bits per heavy atom. The molecule has 1 amide bonds. The van der Waals surface area contributed by atoms with Gasteiger partial charge in [-0.25, -0.2) is 0 Å². The van der Waals surface area contributed by atoms with E-state index in [1.54, 1.807) is 4.90 Å². The molecule has 0 spiro atoms. The van der Waals surface area contributed by atoms with Crippen molar-refractivity contribution in [3.05, 3.63) is 23.8 Å². The van der Waals surface area contributed by atoms with Crippen LogP contribution in [0.1, 0.15) is 25.8 Å². The Labute approximate surface area is 126 Å². The van der Waals surface area contributed by atoms with Gasteiger partial charge in [-0.3, -0.25) is 4.79 Å². The number of nitrogens with two attached hydrogens (primary N) is 1. The maximum atomic E-state index is 12.2. The van der Waals surface area contributed by atoms with Crippen molar-refractivity contribution in [2.24, 2.45) is 11.7 Å². The lowest BCUT2D eigenvalue weighted by Crippen LogP contribution is -2.35. The fraction of sp³-hybridized carbons (Fsp3) is 0.562. The molecule has 0 radical (unpaired) electrons. The zero-order valence-corrected chi connectivity index (χ0v) is 13.0. The second-order valence-corrected chi connectivity index (χ2v) is 5.88. The van der Waals surface area contributed by atoms with Crippen LogP contribution in [-0.4, -0.2) is 37.2 Å². The number of hydrogen-bond donors (Lipinski definition) is 1. The Morgan fingerprint density at radius 1 is 1.33 bits per heavy atom. The zero-order valence-electron chi connectivity index (χ0n) is 13.0. The van der Waals surface area contributed by atoms with Crippen LogP contribution >= 0.6 is 0 Å². The molecule has 1 aliphatic rings.